The van der Waals surface area contributed by atoms with Crippen LogP contribution >= 0.6 is 23.2 Å². The lowest BCUT2D eigenvalue weighted by molar-refractivity contribution is -0.142. The number of benzene rings is 1. The number of hydrogen-bond acceptors (Lipinski definition) is 10. The molecule has 46 heavy (non-hydrogen) atoms. The van der Waals surface area contributed by atoms with E-state index in [0.717, 1.165) is 37.1 Å². The molecular formula is C33H40Cl2N6O5. The number of piperidine rings is 1. The Morgan fingerprint density at radius 3 is 2.17 bits per heavy atom. The summed E-state index contributed by atoms with van der Waals surface area (Å²) in [5.74, 6) is 1.58. The van der Waals surface area contributed by atoms with Crippen molar-refractivity contribution in [2.24, 2.45) is 5.92 Å². The molecule has 5 rings (SSSR count). The minimum Gasteiger partial charge on any atom is -0.469 e. The second-order valence-electron chi connectivity index (χ2n) is 12.6. The smallest absolute Gasteiger partial charge is 0.410 e. The summed E-state index contributed by atoms with van der Waals surface area (Å²) in [6.07, 6.45) is 5.26. The number of piperazine rings is 1. The standard InChI is InChI=1S/C33H40Cl2N6O5/c1-33(2,3)46-32(43)41-11-9-40(10-12-41)31-36-19-27(20-37-31)45-29-14-23(13-28(38-29)24-16-25(34)18-26(35)17-24)21-39-7-5-22(6-8-39)15-30(42)44-4/h13-14,16-20,22H,5-12,15,21H2,1-4H3. The van der Waals surface area contributed by atoms with Gasteiger partial charge in [-0.05, 0) is 82.4 Å². The maximum absolute atomic E-state index is 12.4. The van der Waals surface area contributed by atoms with Crippen molar-refractivity contribution in [2.45, 2.75) is 52.2 Å². The fourth-order valence-corrected chi connectivity index (χ4v) is 6.07. The van der Waals surface area contributed by atoms with Gasteiger partial charge in [0.05, 0.1) is 25.2 Å². The molecule has 2 saturated heterocycles. The quantitative estimate of drug-likeness (QED) is 0.247. The number of nitrogens with zero attached hydrogens (tertiary/aromatic N) is 6. The molecule has 0 unspecified atom stereocenters. The van der Waals surface area contributed by atoms with Crippen molar-refractivity contribution in [3.63, 3.8) is 0 Å². The van der Waals surface area contributed by atoms with Crippen molar-refractivity contribution in [3.05, 3.63) is 58.3 Å². The van der Waals surface area contributed by atoms with Crippen molar-refractivity contribution >= 4 is 41.2 Å². The average molecular weight is 672 g/mol. The summed E-state index contributed by atoms with van der Waals surface area (Å²) in [5, 5.41) is 1.03. The van der Waals surface area contributed by atoms with E-state index in [1.807, 2.05) is 49.9 Å². The van der Waals surface area contributed by atoms with Gasteiger partial charge in [0.2, 0.25) is 11.8 Å². The summed E-state index contributed by atoms with van der Waals surface area (Å²) in [6.45, 7) is 10.2. The first kappa shape index (κ1) is 33.7. The van der Waals surface area contributed by atoms with Gasteiger partial charge in [-0.2, -0.15) is 0 Å². The highest BCUT2D eigenvalue weighted by molar-refractivity contribution is 6.35. The van der Waals surface area contributed by atoms with Crippen LogP contribution in [0.3, 0.4) is 0 Å². The predicted molar refractivity (Wildman–Crippen MR) is 176 cm³/mol. The van der Waals surface area contributed by atoms with Crippen LogP contribution in [-0.4, -0.2) is 88.8 Å². The molecule has 0 saturated carbocycles. The Balaban J connectivity index is 1.27. The Morgan fingerprint density at radius 1 is 0.913 bits per heavy atom. The molecule has 2 fully saturated rings. The van der Waals surface area contributed by atoms with Crippen LogP contribution in [-0.2, 0) is 20.8 Å². The number of pyridine rings is 1. The van der Waals surface area contributed by atoms with E-state index in [2.05, 4.69) is 14.9 Å². The lowest BCUT2D eigenvalue weighted by Crippen LogP contribution is -2.50. The summed E-state index contributed by atoms with van der Waals surface area (Å²) >= 11 is 12.6. The summed E-state index contributed by atoms with van der Waals surface area (Å²) in [7, 11) is 1.43. The Labute approximate surface area is 279 Å². The first-order valence-electron chi connectivity index (χ1n) is 15.4. The van der Waals surface area contributed by atoms with Crippen LogP contribution in [0.25, 0.3) is 11.3 Å². The van der Waals surface area contributed by atoms with Gasteiger partial charge in [0.25, 0.3) is 0 Å². The van der Waals surface area contributed by atoms with E-state index < -0.39 is 5.60 Å². The van der Waals surface area contributed by atoms with E-state index in [1.54, 1.807) is 23.4 Å². The Bertz CT molecular complexity index is 1500. The lowest BCUT2D eigenvalue weighted by atomic mass is 9.93. The lowest BCUT2D eigenvalue weighted by Gasteiger charge is -2.35. The molecule has 1 aromatic carbocycles. The van der Waals surface area contributed by atoms with Crippen LogP contribution in [0.2, 0.25) is 10.0 Å². The van der Waals surface area contributed by atoms with E-state index >= 15 is 0 Å². The molecule has 0 aliphatic carbocycles. The zero-order chi connectivity index (χ0) is 32.8. The number of esters is 1. The number of methoxy groups -OCH3 is 1. The maximum Gasteiger partial charge on any atom is 0.410 e. The van der Waals surface area contributed by atoms with Crippen LogP contribution in [0.15, 0.2) is 42.7 Å². The highest BCUT2D eigenvalue weighted by Gasteiger charge is 2.27. The van der Waals surface area contributed by atoms with E-state index in [-0.39, 0.29) is 12.1 Å². The molecule has 1 amide bonds. The normalized spacial score (nSPS) is 16.3. The van der Waals surface area contributed by atoms with Crippen molar-refractivity contribution in [3.8, 4) is 22.9 Å². The zero-order valence-electron chi connectivity index (χ0n) is 26.7. The minimum atomic E-state index is -0.534. The molecule has 4 heterocycles. The molecule has 0 bridgehead atoms. The van der Waals surface area contributed by atoms with Gasteiger partial charge in [-0.3, -0.25) is 9.69 Å². The van der Waals surface area contributed by atoms with Gasteiger partial charge in [0.1, 0.15) is 5.60 Å². The second-order valence-corrected chi connectivity index (χ2v) is 13.5. The first-order chi connectivity index (χ1) is 21.9. The zero-order valence-corrected chi connectivity index (χ0v) is 28.2. The van der Waals surface area contributed by atoms with Gasteiger partial charge in [0, 0.05) is 60.8 Å². The monoisotopic (exact) mass is 670 g/mol. The molecule has 0 radical (unpaired) electrons. The van der Waals surface area contributed by atoms with Crippen molar-refractivity contribution in [2.75, 3.05) is 51.3 Å². The van der Waals surface area contributed by atoms with Crippen LogP contribution in [0.5, 0.6) is 11.6 Å². The molecule has 0 N–H and O–H groups in total. The third-order valence-electron chi connectivity index (χ3n) is 7.87. The number of hydrogen-bond donors (Lipinski definition) is 0. The fourth-order valence-electron chi connectivity index (χ4n) is 5.54. The third kappa shape index (κ3) is 9.43. The molecule has 0 atom stereocenters. The summed E-state index contributed by atoms with van der Waals surface area (Å²) in [4.78, 5) is 44.1. The predicted octanol–water partition coefficient (Wildman–Crippen LogP) is 6.47. The molecule has 11 nitrogen and oxygen atoms in total. The molecule has 0 spiro atoms. The van der Waals surface area contributed by atoms with E-state index in [0.29, 0.717) is 78.4 Å². The number of aromatic nitrogens is 3. The SMILES string of the molecule is COC(=O)CC1CCN(Cc2cc(Oc3cnc(N4CCN(C(=O)OC(C)(C)C)CC4)nc3)nc(-c3cc(Cl)cc(Cl)c3)c2)CC1. The third-order valence-corrected chi connectivity index (χ3v) is 8.30. The van der Waals surface area contributed by atoms with E-state index in [9.17, 15) is 9.59 Å². The van der Waals surface area contributed by atoms with Crippen molar-refractivity contribution in [1.29, 1.82) is 0 Å². The van der Waals surface area contributed by atoms with Gasteiger partial charge >= 0.3 is 12.1 Å². The van der Waals surface area contributed by atoms with Crippen molar-refractivity contribution in [1.82, 2.24) is 24.8 Å². The van der Waals surface area contributed by atoms with Gasteiger partial charge in [-0.1, -0.05) is 23.2 Å². The average Bonchev–Trinajstić information content (AvgIpc) is 3.01. The number of halogens is 2. The minimum absolute atomic E-state index is 0.156. The van der Waals surface area contributed by atoms with Crippen molar-refractivity contribution < 1.29 is 23.8 Å². The van der Waals surface area contributed by atoms with Crippen LogP contribution < -0.4 is 9.64 Å². The van der Waals surface area contributed by atoms with Gasteiger partial charge < -0.3 is 24.0 Å². The van der Waals surface area contributed by atoms with Gasteiger partial charge in [-0.25, -0.2) is 19.7 Å². The fraction of sp³-hybridized carbons (Fsp3) is 0.485. The summed E-state index contributed by atoms with van der Waals surface area (Å²) in [6, 6.07) is 9.26. The molecule has 13 heteroatoms. The van der Waals surface area contributed by atoms with E-state index in [1.165, 1.54) is 7.11 Å². The van der Waals surface area contributed by atoms with Crippen LogP contribution in [0, 0.1) is 5.92 Å². The molecule has 2 aliphatic rings. The molecule has 3 aromatic rings. The highest BCUT2D eigenvalue weighted by Crippen LogP contribution is 2.31. The number of carbonyl (C=O) groups excluding carboxylic acids is 2. The molecule has 2 aromatic heterocycles. The molecular weight excluding hydrogens is 631 g/mol. The topological polar surface area (TPSA) is 110 Å². The largest absolute Gasteiger partial charge is 0.469 e. The van der Waals surface area contributed by atoms with E-state index in [4.69, 9.17) is 42.4 Å². The molecule has 2 aliphatic heterocycles. The number of amides is 1. The van der Waals surface area contributed by atoms with Crippen LogP contribution in [0.4, 0.5) is 10.7 Å². The second kappa shape index (κ2) is 14.8. The van der Waals surface area contributed by atoms with Crippen LogP contribution in [0.1, 0.15) is 45.6 Å². The van der Waals surface area contributed by atoms with Gasteiger partial charge in [0.15, 0.2) is 5.75 Å². The number of anilines is 1. The maximum atomic E-state index is 12.4. The number of ether oxygens (including phenoxy) is 3. The first-order valence-corrected chi connectivity index (χ1v) is 16.2. The Kier molecular flexibility index (Phi) is 10.9. The number of likely N-dealkylation sites (tertiary alicyclic amines) is 1. The summed E-state index contributed by atoms with van der Waals surface area (Å²) in [5.41, 5.74) is 1.94. The summed E-state index contributed by atoms with van der Waals surface area (Å²) < 4.78 is 16.5. The highest BCUT2D eigenvalue weighted by atomic mass is 35.5. The molecule has 246 valence electrons. The Hall–Kier alpha value is -3.67. The van der Waals surface area contributed by atoms with Gasteiger partial charge in [-0.15, -0.1) is 0 Å². The Morgan fingerprint density at radius 2 is 1.57 bits per heavy atom. The number of rotatable bonds is 8. The number of carbonyl (C=O) groups is 2.